The zero-order valence-electron chi connectivity index (χ0n) is 11.1. The Morgan fingerprint density at radius 1 is 1.33 bits per heavy atom. The molecule has 0 aliphatic carbocycles. The monoisotopic (exact) mass is 312 g/mol. The molecule has 1 N–H and O–H groups in total. The Hall–Kier alpha value is -0.650. The number of piperazine rings is 1. The van der Waals surface area contributed by atoms with Gasteiger partial charge < -0.3 is 10.2 Å². The van der Waals surface area contributed by atoms with E-state index >= 15 is 0 Å². The number of rotatable bonds is 4. The van der Waals surface area contributed by atoms with Gasteiger partial charge in [0.15, 0.2) is 0 Å². The van der Waals surface area contributed by atoms with Crippen LogP contribution in [-0.4, -0.2) is 60.6 Å². The summed E-state index contributed by atoms with van der Waals surface area (Å²) in [6, 6.07) is 4.56. The molecule has 1 aliphatic heterocycles. The van der Waals surface area contributed by atoms with Crippen molar-refractivity contribution in [1.82, 2.24) is 14.8 Å². The molecular formula is C13H21BrN4. The number of anilines is 1. The van der Waals surface area contributed by atoms with Gasteiger partial charge in [-0.05, 0) is 42.0 Å². The highest BCUT2D eigenvalue weighted by Crippen LogP contribution is 2.11. The fourth-order valence-corrected chi connectivity index (χ4v) is 2.36. The fraction of sp³-hybridized carbons (Fsp3) is 0.615. The minimum atomic E-state index is 0.546. The van der Waals surface area contributed by atoms with Crippen molar-refractivity contribution in [3.8, 4) is 0 Å². The lowest BCUT2D eigenvalue weighted by Crippen LogP contribution is -2.49. The van der Waals surface area contributed by atoms with Crippen LogP contribution in [-0.2, 0) is 0 Å². The third-order valence-corrected chi connectivity index (χ3v) is 3.94. The third-order valence-electron chi connectivity index (χ3n) is 3.47. The molecule has 1 aliphatic rings. The van der Waals surface area contributed by atoms with Crippen LogP contribution >= 0.6 is 15.9 Å². The van der Waals surface area contributed by atoms with Crippen LogP contribution < -0.4 is 5.32 Å². The van der Waals surface area contributed by atoms with Crippen LogP contribution in [0, 0.1) is 0 Å². The highest BCUT2D eigenvalue weighted by Gasteiger charge is 2.18. The smallest absolute Gasteiger partial charge is 0.126 e. The van der Waals surface area contributed by atoms with Gasteiger partial charge >= 0.3 is 0 Å². The lowest BCUT2D eigenvalue weighted by molar-refractivity contribution is 0.123. The molecule has 0 bridgehead atoms. The van der Waals surface area contributed by atoms with Gasteiger partial charge in [-0.15, -0.1) is 0 Å². The maximum absolute atomic E-state index is 4.32. The van der Waals surface area contributed by atoms with E-state index in [-0.39, 0.29) is 0 Å². The highest BCUT2D eigenvalue weighted by atomic mass is 79.9. The number of aromatic nitrogens is 1. The summed E-state index contributed by atoms with van der Waals surface area (Å²) in [6.45, 7) is 7.87. The third kappa shape index (κ3) is 3.93. The van der Waals surface area contributed by atoms with E-state index in [0.717, 1.165) is 29.9 Å². The Morgan fingerprint density at radius 3 is 2.67 bits per heavy atom. The van der Waals surface area contributed by atoms with Gasteiger partial charge in [-0.2, -0.15) is 0 Å². The zero-order chi connectivity index (χ0) is 13.0. The first-order valence-electron chi connectivity index (χ1n) is 6.43. The Morgan fingerprint density at radius 2 is 2.06 bits per heavy atom. The number of halogens is 1. The molecule has 2 rings (SSSR count). The van der Waals surface area contributed by atoms with E-state index < -0.39 is 0 Å². The molecule has 18 heavy (non-hydrogen) atoms. The van der Waals surface area contributed by atoms with Crippen LogP contribution in [0.25, 0.3) is 0 Å². The summed E-state index contributed by atoms with van der Waals surface area (Å²) >= 11 is 3.39. The summed E-state index contributed by atoms with van der Waals surface area (Å²) in [4.78, 5) is 9.24. The maximum Gasteiger partial charge on any atom is 0.126 e. The van der Waals surface area contributed by atoms with Crippen molar-refractivity contribution in [2.45, 2.75) is 13.0 Å². The van der Waals surface area contributed by atoms with Gasteiger partial charge in [-0.25, -0.2) is 4.98 Å². The lowest BCUT2D eigenvalue weighted by Gasteiger charge is -2.36. The normalized spacial score (nSPS) is 19.7. The number of likely N-dealkylation sites (N-methyl/N-ethyl adjacent to an activating group) is 1. The molecule has 0 aromatic carbocycles. The molecule has 4 nitrogen and oxygen atoms in total. The summed E-state index contributed by atoms with van der Waals surface area (Å²) < 4.78 is 1.01. The quantitative estimate of drug-likeness (QED) is 0.920. The molecule has 5 heteroatoms. The van der Waals surface area contributed by atoms with Crippen molar-refractivity contribution in [2.24, 2.45) is 0 Å². The molecule has 1 aromatic rings. The van der Waals surface area contributed by atoms with Crippen molar-refractivity contribution in [2.75, 3.05) is 45.1 Å². The van der Waals surface area contributed by atoms with Crippen molar-refractivity contribution < 1.29 is 0 Å². The average Bonchev–Trinajstić information content (AvgIpc) is 2.38. The standard InChI is InChI=1S/C13H21BrN4/c1-11(18-7-5-17(2)6-8-18)9-15-13-4-3-12(14)10-16-13/h3-4,10-11H,5-9H2,1-2H3,(H,15,16). The van der Waals surface area contributed by atoms with E-state index in [1.807, 2.05) is 18.3 Å². The van der Waals surface area contributed by atoms with Crippen molar-refractivity contribution in [3.05, 3.63) is 22.8 Å². The SMILES string of the molecule is CC(CNc1ccc(Br)cn1)N1CCN(C)CC1. The van der Waals surface area contributed by atoms with Crippen molar-refractivity contribution in [3.63, 3.8) is 0 Å². The lowest BCUT2D eigenvalue weighted by atomic mass is 10.2. The topological polar surface area (TPSA) is 31.4 Å². The number of nitrogens with one attached hydrogen (secondary N) is 1. The second-order valence-corrected chi connectivity index (χ2v) is 5.85. The van der Waals surface area contributed by atoms with Gasteiger partial charge in [-0.1, -0.05) is 0 Å². The van der Waals surface area contributed by atoms with Gasteiger partial charge in [0.1, 0.15) is 5.82 Å². The molecule has 1 saturated heterocycles. The van der Waals surface area contributed by atoms with Crippen LogP contribution in [0.1, 0.15) is 6.92 Å². The van der Waals surface area contributed by atoms with E-state index in [1.165, 1.54) is 13.1 Å². The van der Waals surface area contributed by atoms with Gasteiger partial charge in [0.25, 0.3) is 0 Å². The average molecular weight is 313 g/mol. The van der Waals surface area contributed by atoms with Crippen LogP contribution in [0.4, 0.5) is 5.82 Å². The van der Waals surface area contributed by atoms with E-state index in [4.69, 9.17) is 0 Å². The molecule has 100 valence electrons. The van der Waals surface area contributed by atoms with E-state index in [0.29, 0.717) is 6.04 Å². The molecular weight excluding hydrogens is 292 g/mol. The Labute approximate surface area is 118 Å². The van der Waals surface area contributed by atoms with E-state index in [2.05, 4.69) is 50.0 Å². The first-order chi connectivity index (χ1) is 8.65. The van der Waals surface area contributed by atoms with Crippen LogP contribution in [0.3, 0.4) is 0 Å². The van der Waals surface area contributed by atoms with Gasteiger partial charge in [-0.3, -0.25) is 4.90 Å². The summed E-state index contributed by atoms with van der Waals surface area (Å²) in [5.74, 6) is 0.944. The minimum absolute atomic E-state index is 0.546. The Bertz CT molecular complexity index is 360. The predicted octanol–water partition coefficient (Wildman–Crippen LogP) is 1.89. The number of hydrogen-bond donors (Lipinski definition) is 1. The summed E-state index contributed by atoms with van der Waals surface area (Å²) in [6.07, 6.45) is 1.82. The summed E-state index contributed by atoms with van der Waals surface area (Å²) in [7, 11) is 2.19. The fourth-order valence-electron chi connectivity index (χ4n) is 2.12. The van der Waals surface area contributed by atoms with Crippen molar-refractivity contribution >= 4 is 21.7 Å². The van der Waals surface area contributed by atoms with Crippen LogP contribution in [0.2, 0.25) is 0 Å². The first-order valence-corrected chi connectivity index (χ1v) is 7.22. The zero-order valence-corrected chi connectivity index (χ0v) is 12.7. The predicted molar refractivity (Wildman–Crippen MR) is 79.0 cm³/mol. The summed E-state index contributed by atoms with van der Waals surface area (Å²) in [5, 5.41) is 3.39. The molecule has 1 unspecified atom stereocenters. The molecule has 0 saturated carbocycles. The molecule has 2 heterocycles. The molecule has 0 spiro atoms. The van der Waals surface area contributed by atoms with E-state index in [9.17, 15) is 0 Å². The highest BCUT2D eigenvalue weighted by molar-refractivity contribution is 9.10. The maximum atomic E-state index is 4.32. The Balaban J connectivity index is 1.77. The molecule has 0 amide bonds. The Kier molecular flexibility index (Phi) is 4.97. The van der Waals surface area contributed by atoms with Gasteiger partial charge in [0, 0.05) is 49.4 Å². The van der Waals surface area contributed by atoms with Crippen molar-refractivity contribution in [1.29, 1.82) is 0 Å². The first kappa shape index (κ1) is 13.8. The van der Waals surface area contributed by atoms with Crippen LogP contribution in [0.5, 0.6) is 0 Å². The number of pyridine rings is 1. The number of nitrogens with zero attached hydrogens (tertiary/aromatic N) is 3. The number of hydrogen-bond acceptors (Lipinski definition) is 4. The second-order valence-electron chi connectivity index (χ2n) is 4.93. The summed E-state index contributed by atoms with van der Waals surface area (Å²) in [5.41, 5.74) is 0. The molecule has 0 radical (unpaired) electrons. The largest absolute Gasteiger partial charge is 0.369 e. The molecule has 1 atom stereocenters. The van der Waals surface area contributed by atoms with Crippen LogP contribution in [0.15, 0.2) is 22.8 Å². The second kappa shape index (κ2) is 6.50. The molecule has 1 fully saturated rings. The van der Waals surface area contributed by atoms with E-state index in [1.54, 1.807) is 0 Å². The minimum Gasteiger partial charge on any atom is -0.369 e. The molecule has 1 aromatic heterocycles. The van der Waals surface area contributed by atoms with Gasteiger partial charge in [0.2, 0.25) is 0 Å². The van der Waals surface area contributed by atoms with Gasteiger partial charge in [0.05, 0.1) is 0 Å².